The van der Waals surface area contributed by atoms with Crippen molar-refractivity contribution in [2.45, 2.75) is 37.8 Å². The van der Waals surface area contributed by atoms with E-state index in [9.17, 15) is 18.4 Å². The van der Waals surface area contributed by atoms with E-state index in [0.29, 0.717) is 18.8 Å². The maximum Gasteiger partial charge on any atom is 0.276 e. The number of carbonyl (C=O) groups excluding carboxylic acids is 2. The van der Waals surface area contributed by atoms with Crippen molar-refractivity contribution in [1.82, 2.24) is 29.4 Å². The quantitative estimate of drug-likeness (QED) is 0.788. The van der Waals surface area contributed by atoms with E-state index in [1.165, 1.54) is 15.8 Å². The van der Waals surface area contributed by atoms with Crippen molar-refractivity contribution in [1.29, 1.82) is 0 Å². The highest BCUT2D eigenvalue weighted by Crippen LogP contribution is 2.33. The Morgan fingerprint density at radius 2 is 2.00 bits per heavy atom. The molecule has 0 saturated carbocycles. The Morgan fingerprint density at radius 3 is 2.68 bits per heavy atom. The number of hydrogen-bond donors (Lipinski definition) is 0. The molecule has 8 nitrogen and oxygen atoms in total. The fraction of sp³-hybridized carbons (Fsp3) is 0.556. The Morgan fingerprint density at radius 1 is 1.25 bits per heavy atom. The predicted molar refractivity (Wildman–Crippen MR) is 95.0 cm³/mol. The third-order valence-electron chi connectivity index (χ3n) is 5.35. The van der Waals surface area contributed by atoms with Gasteiger partial charge in [0.1, 0.15) is 5.69 Å². The number of halogens is 2. The van der Waals surface area contributed by atoms with Crippen LogP contribution in [0.15, 0.2) is 24.5 Å². The molecule has 0 unspecified atom stereocenters. The molecule has 0 spiro atoms. The van der Waals surface area contributed by atoms with Crippen LogP contribution in [0.1, 0.15) is 40.2 Å². The van der Waals surface area contributed by atoms with Crippen LogP contribution in [0.4, 0.5) is 8.78 Å². The van der Waals surface area contributed by atoms with Gasteiger partial charge in [-0.15, -0.1) is 5.10 Å². The van der Waals surface area contributed by atoms with Gasteiger partial charge in [-0.1, -0.05) is 5.21 Å². The highest BCUT2D eigenvalue weighted by atomic mass is 19.3. The number of aromatic nitrogens is 4. The third-order valence-corrected chi connectivity index (χ3v) is 5.35. The van der Waals surface area contributed by atoms with Crippen molar-refractivity contribution >= 4 is 11.8 Å². The lowest BCUT2D eigenvalue weighted by Gasteiger charge is -2.23. The first-order valence-electron chi connectivity index (χ1n) is 9.33. The van der Waals surface area contributed by atoms with E-state index in [2.05, 4.69) is 10.3 Å². The molecule has 2 amide bonds. The molecule has 2 aromatic rings. The van der Waals surface area contributed by atoms with Gasteiger partial charge in [-0.25, -0.2) is 13.5 Å². The van der Waals surface area contributed by atoms with Gasteiger partial charge in [-0.3, -0.25) is 9.59 Å². The van der Waals surface area contributed by atoms with Crippen LogP contribution >= 0.6 is 0 Å². The summed E-state index contributed by atoms with van der Waals surface area (Å²) in [6.07, 6.45) is 4.66. The largest absolute Gasteiger partial charge is 0.347 e. The lowest BCUT2D eigenvalue weighted by Crippen LogP contribution is -2.39. The Balaban J connectivity index is 1.50. The van der Waals surface area contributed by atoms with Crippen molar-refractivity contribution in [2.75, 3.05) is 19.6 Å². The molecule has 0 bridgehead atoms. The van der Waals surface area contributed by atoms with Crippen LogP contribution in [0.2, 0.25) is 0 Å². The van der Waals surface area contributed by atoms with Crippen molar-refractivity contribution in [3.05, 3.63) is 35.9 Å². The van der Waals surface area contributed by atoms with Gasteiger partial charge in [-0.05, 0) is 25.0 Å². The Bertz CT molecular complexity index is 886. The number of likely N-dealkylation sites (tertiary alicyclic amines) is 2. The fourth-order valence-electron chi connectivity index (χ4n) is 3.91. The number of alkyl halides is 2. The zero-order chi connectivity index (χ0) is 19.9. The summed E-state index contributed by atoms with van der Waals surface area (Å²) in [5.41, 5.74) is 0.554. The average molecular weight is 392 g/mol. The fourth-order valence-corrected chi connectivity index (χ4v) is 3.91. The molecule has 28 heavy (non-hydrogen) atoms. The monoisotopic (exact) mass is 392 g/mol. The van der Waals surface area contributed by atoms with Gasteiger partial charge < -0.3 is 14.4 Å². The molecule has 2 fully saturated rings. The second-order valence-electron chi connectivity index (χ2n) is 7.48. The van der Waals surface area contributed by atoms with Crippen LogP contribution < -0.4 is 0 Å². The molecule has 0 N–H and O–H groups in total. The topological polar surface area (TPSA) is 76.3 Å². The molecule has 2 saturated heterocycles. The van der Waals surface area contributed by atoms with E-state index in [0.717, 1.165) is 12.8 Å². The molecule has 150 valence electrons. The van der Waals surface area contributed by atoms with Crippen molar-refractivity contribution in [3.8, 4) is 0 Å². The number of carbonyl (C=O) groups is 2. The van der Waals surface area contributed by atoms with E-state index >= 15 is 0 Å². The molecule has 10 heteroatoms. The molecule has 2 aliphatic rings. The summed E-state index contributed by atoms with van der Waals surface area (Å²) in [7, 11) is 1.70. The molecule has 4 rings (SSSR count). The molecule has 2 aromatic heterocycles. The number of hydrogen-bond acceptors (Lipinski definition) is 4. The number of amides is 2. The SMILES string of the molecule is Cn1cccc1C(=O)N1CC(F)(F)C[C@H]1Cn1cc(C(=O)N2CCCC2)nn1. The van der Waals surface area contributed by atoms with Gasteiger partial charge in [0.15, 0.2) is 5.69 Å². The minimum Gasteiger partial charge on any atom is -0.347 e. The second-order valence-corrected chi connectivity index (χ2v) is 7.48. The molecular weight excluding hydrogens is 370 g/mol. The lowest BCUT2D eigenvalue weighted by molar-refractivity contribution is 0.0116. The van der Waals surface area contributed by atoms with E-state index in [1.807, 2.05) is 0 Å². The van der Waals surface area contributed by atoms with Crippen LogP contribution in [0, 0.1) is 0 Å². The summed E-state index contributed by atoms with van der Waals surface area (Å²) in [5.74, 6) is -3.60. The summed E-state index contributed by atoms with van der Waals surface area (Å²) < 4.78 is 31.1. The number of nitrogens with zero attached hydrogens (tertiary/aromatic N) is 6. The Hall–Kier alpha value is -2.78. The second kappa shape index (κ2) is 6.99. The normalized spacial score (nSPS) is 21.5. The number of rotatable bonds is 4. The summed E-state index contributed by atoms with van der Waals surface area (Å²) in [5, 5.41) is 7.82. The van der Waals surface area contributed by atoms with Gasteiger partial charge in [0, 0.05) is 32.8 Å². The Kier molecular flexibility index (Phi) is 4.64. The van der Waals surface area contributed by atoms with Crippen molar-refractivity contribution in [3.63, 3.8) is 0 Å². The van der Waals surface area contributed by atoms with Gasteiger partial charge in [-0.2, -0.15) is 0 Å². The number of aryl methyl sites for hydroxylation is 1. The summed E-state index contributed by atoms with van der Waals surface area (Å²) >= 11 is 0. The van der Waals surface area contributed by atoms with Gasteiger partial charge in [0.2, 0.25) is 0 Å². The van der Waals surface area contributed by atoms with Crippen LogP contribution in [0.25, 0.3) is 0 Å². The molecular formula is C18H22F2N6O2. The average Bonchev–Trinajstić information content (AvgIpc) is 3.41. The standard InChI is InChI=1S/C18H22F2N6O2/c1-23-6-4-5-15(23)17(28)26-12-18(19,20)9-13(26)10-25-11-14(21-22-25)16(27)24-7-2-3-8-24/h4-6,11,13H,2-3,7-10,12H2,1H3/t13-/m0/s1. The summed E-state index contributed by atoms with van der Waals surface area (Å²) in [6, 6.07) is 2.58. The minimum atomic E-state index is -2.96. The summed E-state index contributed by atoms with van der Waals surface area (Å²) in [4.78, 5) is 28.1. The van der Waals surface area contributed by atoms with Gasteiger partial charge in [0.25, 0.3) is 17.7 Å². The first kappa shape index (κ1) is 18.6. The molecule has 0 aromatic carbocycles. The zero-order valence-corrected chi connectivity index (χ0v) is 15.6. The first-order chi connectivity index (χ1) is 13.3. The van der Waals surface area contributed by atoms with Crippen LogP contribution in [0.3, 0.4) is 0 Å². The zero-order valence-electron chi connectivity index (χ0n) is 15.6. The van der Waals surface area contributed by atoms with Crippen LogP contribution in [0.5, 0.6) is 0 Å². The molecule has 1 atom stereocenters. The lowest BCUT2D eigenvalue weighted by atomic mass is 10.2. The molecule has 4 heterocycles. The molecule has 0 aliphatic carbocycles. The predicted octanol–water partition coefficient (Wildman–Crippen LogP) is 1.40. The van der Waals surface area contributed by atoms with E-state index < -0.39 is 30.8 Å². The highest BCUT2D eigenvalue weighted by Gasteiger charge is 2.47. The maximum absolute atomic E-state index is 14.1. The Labute approximate surface area is 160 Å². The third kappa shape index (κ3) is 3.50. The maximum atomic E-state index is 14.1. The molecule has 2 aliphatic heterocycles. The molecule has 0 radical (unpaired) electrons. The highest BCUT2D eigenvalue weighted by molar-refractivity contribution is 5.93. The van der Waals surface area contributed by atoms with Gasteiger partial charge >= 0.3 is 0 Å². The van der Waals surface area contributed by atoms with Crippen LogP contribution in [-0.4, -0.2) is 72.8 Å². The van der Waals surface area contributed by atoms with E-state index in [1.54, 1.807) is 34.8 Å². The van der Waals surface area contributed by atoms with Crippen LogP contribution in [-0.2, 0) is 13.6 Å². The first-order valence-corrected chi connectivity index (χ1v) is 9.33. The van der Waals surface area contributed by atoms with Gasteiger partial charge in [0.05, 0.1) is 25.3 Å². The van der Waals surface area contributed by atoms with Crippen molar-refractivity contribution in [2.24, 2.45) is 7.05 Å². The van der Waals surface area contributed by atoms with Crippen molar-refractivity contribution < 1.29 is 18.4 Å². The van der Waals surface area contributed by atoms with E-state index in [4.69, 9.17) is 0 Å². The minimum absolute atomic E-state index is 0.0615. The smallest absolute Gasteiger partial charge is 0.276 e. The summed E-state index contributed by atoms with van der Waals surface area (Å²) in [6.45, 7) is 0.820. The van der Waals surface area contributed by atoms with E-state index in [-0.39, 0.29) is 18.1 Å².